The first-order valence-corrected chi connectivity index (χ1v) is 8.71. The second kappa shape index (κ2) is 8.09. The number of carbonyl (C=O) groups is 3. The Balaban J connectivity index is 2.14. The number of carboxylic acids is 1. The fourth-order valence-corrected chi connectivity index (χ4v) is 3.27. The second-order valence-electron chi connectivity index (χ2n) is 6.12. The van der Waals surface area contributed by atoms with Crippen molar-refractivity contribution in [3.05, 3.63) is 52.2 Å². The summed E-state index contributed by atoms with van der Waals surface area (Å²) in [6, 6.07) is 5.87. The lowest BCUT2D eigenvalue weighted by Crippen LogP contribution is -2.44. The van der Waals surface area contributed by atoms with E-state index in [0.717, 1.165) is 17.4 Å². The van der Waals surface area contributed by atoms with Crippen molar-refractivity contribution >= 4 is 34.1 Å². The molecule has 3 N–H and O–H groups in total. The second-order valence-corrected chi connectivity index (χ2v) is 7.17. The number of aliphatic carboxylic acids is 1. The van der Waals surface area contributed by atoms with Crippen molar-refractivity contribution in [2.24, 2.45) is 5.92 Å². The topological polar surface area (TPSA) is 95.5 Å². The summed E-state index contributed by atoms with van der Waals surface area (Å²) in [5.74, 6) is -2.91. The molecule has 0 radical (unpaired) electrons. The predicted molar refractivity (Wildman–Crippen MR) is 97.1 cm³/mol. The van der Waals surface area contributed by atoms with E-state index in [1.165, 1.54) is 18.2 Å². The molecule has 0 aliphatic carbocycles. The zero-order chi connectivity index (χ0) is 19.4. The first-order valence-electron chi connectivity index (χ1n) is 7.90. The molecule has 1 atom stereocenters. The molecule has 2 rings (SSSR count). The zero-order valence-electron chi connectivity index (χ0n) is 14.5. The van der Waals surface area contributed by atoms with Crippen LogP contribution in [0, 0.1) is 18.7 Å². The Morgan fingerprint density at radius 2 is 1.85 bits per heavy atom. The van der Waals surface area contributed by atoms with Crippen LogP contribution in [0.25, 0.3) is 0 Å². The van der Waals surface area contributed by atoms with Gasteiger partial charge >= 0.3 is 5.97 Å². The fraction of sp³-hybridized carbons (Fsp3) is 0.278. The molecule has 8 heteroatoms. The summed E-state index contributed by atoms with van der Waals surface area (Å²) in [6.07, 6.45) is 0. The summed E-state index contributed by atoms with van der Waals surface area (Å²) in [4.78, 5) is 36.1. The Bertz CT molecular complexity index is 847. The highest BCUT2D eigenvalue weighted by molar-refractivity contribution is 7.18. The van der Waals surface area contributed by atoms with Crippen molar-refractivity contribution in [1.82, 2.24) is 5.32 Å². The van der Waals surface area contributed by atoms with E-state index in [1.54, 1.807) is 26.8 Å². The van der Waals surface area contributed by atoms with Gasteiger partial charge in [-0.1, -0.05) is 19.9 Å². The minimum absolute atomic E-state index is 0.160. The number of carboxylic acid groups (broad SMARTS) is 1. The first-order chi connectivity index (χ1) is 12.2. The van der Waals surface area contributed by atoms with Crippen molar-refractivity contribution in [2.75, 3.05) is 5.32 Å². The highest BCUT2D eigenvalue weighted by Crippen LogP contribution is 2.27. The predicted octanol–water partition coefficient (Wildman–Crippen LogP) is 3.29. The third-order valence-electron chi connectivity index (χ3n) is 3.67. The quantitative estimate of drug-likeness (QED) is 0.719. The van der Waals surface area contributed by atoms with Crippen LogP contribution >= 0.6 is 11.3 Å². The Labute approximate surface area is 154 Å². The lowest BCUT2D eigenvalue weighted by atomic mass is 10.0. The van der Waals surface area contributed by atoms with Crippen LogP contribution in [0.1, 0.15) is 39.4 Å². The third-order valence-corrected chi connectivity index (χ3v) is 4.82. The number of aryl methyl sites for hydroxylation is 1. The van der Waals surface area contributed by atoms with Gasteiger partial charge in [-0.25, -0.2) is 9.18 Å². The van der Waals surface area contributed by atoms with Gasteiger partial charge < -0.3 is 15.7 Å². The van der Waals surface area contributed by atoms with E-state index in [9.17, 15) is 23.9 Å². The molecule has 2 amide bonds. The first kappa shape index (κ1) is 19.6. The fourth-order valence-electron chi connectivity index (χ4n) is 2.30. The number of benzene rings is 1. The van der Waals surface area contributed by atoms with Gasteiger partial charge in [0.1, 0.15) is 11.9 Å². The Morgan fingerprint density at radius 1 is 1.15 bits per heavy atom. The minimum Gasteiger partial charge on any atom is -0.480 e. The lowest BCUT2D eigenvalue weighted by molar-refractivity contribution is -0.140. The van der Waals surface area contributed by atoms with E-state index in [4.69, 9.17) is 0 Å². The van der Waals surface area contributed by atoms with Gasteiger partial charge in [0.05, 0.1) is 9.88 Å². The van der Waals surface area contributed by atoms with Crippen LogP contribution in [0.5, 0.6) is 0 Å². The van der Waals surface area contributed by atoms with Crippen LogP contribution in [-0.2, 0) is 4.79 Å². The molecule has 6 nitrogen and oxygen atoms in total. The van der Waals surface area contributed by atoms with E-state index < -0.39 is 29.6 Å². The number of rotatable bonds is 6. The molecule has 1 aromatic heterocycles. The van der Waals surface area contributed by atoms with Gasteiger partial charge in [0.2, 0.25) is 0 Å². The van der Waals surface area contributed by atoms with Crippen molar-refractivity contribution in [3.8, 4) is 0 Å². The van der Waals surface area contributed by atoms with Gasteiger partial charge in [0.25, 0.3) is 11.8 Å². The van der Waals surface area contributed by atoms with E-state index in [1.807, 2.05) is 0 Å². The summed E-state index contributed by atoms with van der Waals surface area (Å²) >= 11 is 1.03. The van der Waals surface area contributed by atoms with Crippen LogP contribution in [0.3, 0.4) is 0 Å². The Morgan fingerprint density at radius 3 is 2.42 bits per heavy atom. The summed E-state index contributed by atoms with van der Waals surface area (Å²) in [5, 5.41) is 14.7. The molecule has 2 aromatic rings. The highest BCUT2D eigenvalue weighted by atomic mass is 32.1. The largest absolute Gasteiger partial charge is 0.480 e. The van der Waals surface area contributed by atoms with Crippen LogP contribution in [0.15, 0.2) is 30.3 Å². The van der Waals surface area contributed by atoms with Gasteiger partial charge in [-0.2, -0.15) is 0 Å². The number of anilines is 1. The molecule has 0 spiro atoms. The number of thiophene rings is 1. The minimum atomic E-state index is -1.11. The van der Waals surface area contributed by atoms with E-state index in [-0.39, 0.29) is 11.5 Å². The summed E-state index contributed by atoms with van der Waals surface area (Å²) < 4.78 is 13.2. The molecule has 138 valence electrons. The van der Waals surface area contributed by atoms with Crippen molar-refractivity contribution in [1.29, 1.82) is 0 Å². The molecule has 0 saturated carbocycles. The normalized spacial score (nSPS) is 11.9. The number of hydrogen-bond acceptors (Lipinski definition) is 4. The van der Waals surface area contributed by atoms with E-state index >= 15 is 0 Å². The smallest absolute Gasteiger partial charge is 0.326 e. The molecule has 1 heterocycles. The summed E-state index contributed by atoms with van der Waals surface area (Å²) in [7, 11) is 0. The average molecular weight is 378 g/mol. The summed E-state index contributed by atoms with van der Waals surface area (Å²) in [6.45, 7) is 5.09. The maximum atomic E-state index is 13.2. The SMILES string of the molecule is Cc1cc(NC(=O)c2cccc(F)c2)sc1C(=O)NC(C(=O)O)C(C)C. The number of amides is 2. The molecular weight excluding hydrogens is 359 g/mol. The number of hydrogen-bond donors (Lipinski definition) is 3. The standard InChI is InChI=1S/C18H19FN2O4S/c1-9(2)14(18(24)25)21-17(23)15-10(3)7-13(26-15)20-16(22)11-5-4-6-12(19)8-11/h4-9,14H,1-3H3,(H,20,22)(H,21,23)(H,24,25). The van der Waals surface area contributed by atoms with E-state index in [0.29, 0.717) is 15.4 Å². The monoisotopic (exact) mass is 378 g/mol. The number of halogens is 1. The molecule has 0 aliphatic heterocycles. The van der Waals surface area contributed by atoms with E-state index in [2.05, 4.69) is 10.6 Å². The van der Waals surface area contributed by atoms with Gasteiger partial charge in [0, 0.05) is 5.56 Å². The molecule has 0 bridgehead atoms. The molecule has 1 unspecified atom stereocenters. The maximum absolute atomic E-state index is 13.2. The summed E-state index contributed by atoms with van der Waals surface area (Å²) in [5.41, 5.74) is 0.766. The highest BCUT2D eigenvalue weighted by Gasteiger charge is 2.25. The third kappa shape index (κ3) is 4.66. The van der Waals surface area contributed by atoms with Crippen LogP contribution in [0.2, 0.25) is 0 Å². The number of carbonyl (C=O) groups excluding carboxylic acids is 2. The zero-order valence-corrected chi connectivity index (χ0v) is 15.3. The lowest BCUT2D eigenvalue weighted by Gasteiger charge is -2.17. The maximum Gasteiger partial charge on any atom is 0.326 e. The molecule has 26 heavy (non-hydrogen) atoms. The number of nitrogens with one attached hydrogen (secondary N) is 2. The molecule has 0 aliphatic rings. The van der Waals surface area contributed by atoms with Crippen molar-refractivity contribution in [2.45, 2.75) is 26.8 Å². The Hall–Kier alpha value is -2.74. The van der Waals surface area contributed by atoms with Crippen molar-refractivity contribution in [3.63, 3.8) is 0 Å². The molecule has 0 saturated heterocycles. The van der Waals surface area contributed by atoms with Crippen LogP contribution in [-0.4, -0.2) is 28.9 Å². The van der Waals surface area contributed by atoms with Gasteiger partial charge in [-0.3, -0.25) is 9.59 Å². The molecular formula is C18H19FN2O4S. The van der Waals surface area contributed by atoms with Gasteiger partial charge in [0.15, 0.2) is 0 Å². The molecule has 1 aromatic carbocycles. The van der Waals surface area contributed by atoms with Crippen LogP contribution < -0.4 is 10.6 Å². The average Bonchev–Trinajstić information content (AvgIpc) is 2.92. The molecule has 0 fully saturated rings. The Kier molecular flexibility index (Phi) is 6.10. The van der Waals surface area contributed by atoms with Crippen LogP contribution in [0.4, 0.5) is 9.39 Å². The van der Waals surface area contributed by atoms with Crippen molar-refractivity contribution < 1.29 is 23.9 Å². The van der Waals surface area contributed by atoms with Gasteiger partial charge in [-0.05, 0) is 42.7 Å². The van der Waals surface area contributed by atoms with Gasteiger partial charge in [-0.15, -0.1) is 11.3 Å².